The normalized spacial score (nSPS) is 22.3. The van der Waals surface area contributed by atoms with Gasteiger partial charge >= 0.3 is 0 Å². The number of hydrogen-bond acceptors (Lipinski definition) is 3. The Kier molecular flexibility index (Phi) is 3.44. The van der Waals surface area contributed by atoms with Crippen molar-refractivity contribution in [2.75, 3.05) is 11.9 Å². The first-order chi connectivity index (χ1) is 9.67. The molecule has 2 aromatic heterocycles. The Labute approximate surface area is 118 Å². The summed E-state index contributed by atoms with van der Waals surface area (Å²) in [6, 6.07) is 3.78. The van der Waals surface area contributed by atoms with E-state index in [0.29, 0.717) is 6.61 Å². The Bertz CT molecular complexity index is 635. The van der Waals surface area contributed by atoms with Crippen molar-refractivity contribution >= 4 is 17.2 Å². The third-order valence-corrected chi connectivity index (χ3v) is 3.80. The molecule has 106 valence electrons. The number of pyridine rings is 1. The van der Waals surface area contributed by atoms with Crippen LogP contribution in [0.3, 0.4) is 0 Å². The van der Waals surface area contributed by atoms with Gasteiger partial charge in [-0.2, -0.15) is 0 Å². The molecule has 3 rings (SSSR count). The van der Waals surface area contributed by atoms with Crippen molar-refractivity contribution < 1.29 is 9.53 Å². The van der Waals surface area contributed by atoms with Crippen LogP contribution in [-0.4, -0.2) is 28.0 Å². The summed E-state index contributed by atoms with van der Waals surface area (Å²) in [6.07, 6.45) is 5.59. The lowest BCUT2D eigenvalue weighted by atomic mass is 9.98. The van der Waals surface area contributed by atoms with Crippen molar-refractivity contribution in [2.45, 2.75) is 32.8 Å². The first-order valence-electron chi connectivity index (χ1n) is 7.05. The van der Waals surface area contributed by atoms with Crippen molar-refractivity contribution in [3.63, 3.8) is 0 Å². The number of fused-ring (bicyclic) bond motifs is 1. The number of rotatable bonds is 3. The predicted molar refractivity (Wildman–Crippen MR) is 76.7 cm³/mol. The molecule has 0 spiro atoms. The predicted octanol–water partition coefficient (Wildman–Crippen LogP) is 2.40. The van der Waals surface area contributed by atoms with E-state index in [2.05, 4.69) is 17.2 Å². The highest BCUT2D eigenvalue weighted by molar-refractivity contribution is 5.93. The molecule has 5 nitrogen and oxygen atoms in total. The molecule has 2 atom stereocenters. The molecule has 20 heavy (non-hydrogen) atoms. The summed E-state index contributed by atoms with van der Waals surface area (Å²) >= 11 is 0. The maximum absolute atomic E-state index is 12.3. The number of nitrogens with one attached hydrogen (secondary N) is 1. The number of ether oxygens (including phenoxy) is 1. The molecule has 3 heterocycles. The van der Waals surface area contributed by atoms with Crippen molar-refractivity contribution in [3.05, 3.63) is 30.2 Å². The average molecular weight is 273 g/mol. The number of carbonyl (C=O) groups is 1. The SMILES string of the molecule is CC[C@@H]1OCC[C@H]1C(=O)Nc1ccn2cc(C)nc2c1. The Hall–Kier alpha value is -1.88. The third-order valence-electron chi connectivity index (χ3n) is 3.80. The van der Waals surface area contributed by atoms with Gasteiger partial charge in [0.15, 0.2) is 0 Å². The maximum atomic E-state index is 12.3. The number of amides is 1. The van der Waals surface area contributed by atoms with Crippen LogP contribution in [0.4, 0.5) is 5.69 Å². The topological polar surface area (TPSA) is 55.6 Å². The quantitative estimate of drug-likeness (QED) is 0.934. The highest BCUT2D eigenvalue weighted by Crippen LogP contribution is 2.25. The van der Waals surface area contributed by atoms with E-state index in [4.69, 9.17) is 4.74 Å². The molecule has 1 aliphatic heterocycles. The van der Waals surface area contributed by atoms with Gasteiger partial charge in [-0.3, -0.25) is 4.79 Å². The zero-order valence-corrected chi connectivity index (χ0v) is 11.8. The second-order valence-corrected chi connectivity index (χ2v) is 5.27. The molecule has 0 saturated carbocycles. The molecule has 0 aliphatic carbocycles. The number of anilines is 1. The number of aromatic nitrogens is 2. The van der Waals surface area contributed by atoms with E-state index < -0.39 is 0 Å². The Balaban J connectivity index is 1.76. The minimum absolute atomic E-state index is 0.0435. The summed E-state index contributed by atoms with van der Waals surface area (Å²) in [5.41, 5.74) is 2.59. The van der Waals surface area contributed by atoms with E-state index in [1.54, 1.807) is 0 Å². The minimum Gasteiger partial charge on any atom is -0.377 e. The van der Waals surface area contributed by atoms with Crippen molar-refractivity contribution in [1.29, 1.82) is 0 Å². The lowest BCUT2D eigenvalue weighted by Gasteiger charge is -2.16. The van der Waals surface area contributed by atoms with Gasteiger partial charge in [-0.25, -0.2) is 4.98 Å². The zero-order valence-electron chi connectivity index (χ0n) is 11.8. The molecule has 1 saturated heterocycles. The van der Waals surface area contributed by atoms with Crippen molar-refractivity contribution in [3.8, 4) is 0 Å². The summed E-state index contributed by atoms with van der Waals surface area (Å²) in [5.74, 6) is -0.000291. The Morgan fingerprint density at radius 2 is 2.45 bits per heavy atom. The van der Waals surface area contributed by atoms with E-state index in [0.717, 1.165) is 29.9 Å². The van der Waals surface area contributed by atoms with Gasteiger partial charge in [0.1, 0.15) is 5.65 Å². The molecule has 5 heteroatoms. The van der Waals surface area contributed by atoms with Gasteiger partial charge in [-0.05, 0) is 25.8 Å². The monoisotopic (exact) mass is 273 g/mol. The standard InChI is InChI=1S/C15H19N3O2/c1-3-13-12(5-7-20-13)15(19)17-11-4-6-18-9-10(2)16-14(18)8-11/h4,6,8-9,12-13H,3,5,7H2,1-2H3,(H,17,19)/t12-,13+/m1/s1. The summed E-state index contributed by atoms with van der Waals surface area (Å²) in [7, 11) is 0. The Morgan fingerprint density at radius 1 is 1.60 bits per heavy atom. The van der Waals surface area contributed by atoms with E-state index in [-0.39, 0.29) is 17.9 Å². The zero-order chi connectivity index (χ0) is 14.1. The van der Waals surface area contributed by atoms with Gasteiger partial charge in [0.2, 0.25) is 5.91 Å². The van der Waals surface area contributed by atoms with Crippen LogP contribution in [0.2, 0.25) is 0 Å². The number of carbonyl (C=O) groups excluding carboxylic acids is 1. The van der Waals surface area contributed by atoms with Gasteiger partial charge < -0.3 is 14.5 Å². The molecule has 1 fully saturated rings. The lowest BCUT2D eigenvalue weighted by Crippen LogP contribution is -2.29. The van der Waals surface area contributed by atoms with Crippen LogP contribution in [0.5, 0.6) is 0 Å². The average Bonchev–Trinajstić information content (AvgIpc) is 3.02. The third kappa shape index (κ3) is 2.41. The van der Waals surface area contributed by atoms with Crippen LogP contribution >= 0.6 is 0 Å². The first kappa shape index (κ1) is 13.1. The number of nitrogens with zero attached hydrogens (tertiary/aromatic N) is 2. The van der Waals surface area contributed by atoms with E-state index in [1.165, 1.54) is 0 Å². The Morgan fingerprint density at radius 3 is 3.25 bits per heavy atom. The molecule has 1 N–H and O–H groups in total. The van der Waals surface area contributed by atoms with Gasteiger partial charge in [0, 0.05) is 30.8 Å². The molecule has 1 aliphatic rings. The molecule has 0 bridgehead atoms. The summed E-state index contributed by atoms with van der Waals surface area (Å²) in [5, 5.41) is 2.98. The highest BCUT2D eigenvalue weighted by atomic mass is 16.5. The minimum atomic E-state index is -0.0438. The van der Waals surface area contributed by atoms with Gasteiger partial charge in [0.05, 0.1) is 17.7 Å². The molecule has 0 unspecified atom stereocenters. The molecular weight excluding hydrogens is 254 g/mol. The maximum Gasteiger partial charge on any atom is 0.230 e. The van der Waals surface area contributed by atoms with Crippen LogP contribution < -0.4 is 5.32 Å². The van der Waals surface area contributed by atoms with Crippen LogP contribution in [0.1, 0.15) is 25.5 Å². The van der Waals surface area contributed by atoms with Crippen LogP contribution in [-0.2, 0) is 9.53 Å². The van der Waals surface area contributed by atoms with E-state index >= 15 is 0 Å². The fourth-order valence-electron chi connectivity index (χ4n) is 2.77. The van der Waals surface area contributed by atoms with Gasteiger partial charge in [0.25, 0.3) is 0 Å². The van der Waals surface area contributed by atoms with Crippen LogP contribution in [0.25, 0.3) is 5.65 Å². The smallest absolute Gasteiger partial charge is 0.230 e. The van der Waals surface area contributed by atoms with Gasteiger partial charge in [-0.15, -0.1) is 0 Å². The summed E-state index contributed by atoms with van der Waals surface area (Å²) in [4.78, 5) is 16.7. The molecule has 2 aromatic rings. The first-order valence-corrected chi connectivity index (χ1v) is 7.05. The largest absolute Gasteiger partial charge is 0.377 e. The fraction of sp³-hybridized carbons (Fsp3) is 0.467. The van der Waals surface area contributed by atoms with Crippen molar-refractivity contribution in [1.82, 2.24) is 9.38 Å². The summed E-state index contributed by atoms with van der Waals surface area (Å²) < 4.78 is 7.51. The van der Waals surface area contributed by atoms with Crippen molar-refractivity contribution in [2.24, 2.45) is 5.92 Å². The van der Waals surface area contributed by atoms with Crippen LogP contribution in [0.15, 0.2) is 24.5 Å². The highest BCUT2D eigenvalue weighted by Gasteiger charge is 2.32. The number of hydrogen-bond donors (Lipinski definition) is 1. The lowest BCUT2D eigenvalue weighted by molar-refractivity contribution is -0.121. The molecule has 0 aromatic carbocycles. The fourth-order valence-corrected chi connectivity index (χ4v) is 2.77. The molecule has 0 radical (unpaired) electrons. The summed E-state index contributed by atoms with van der Waals surface area (Å²) in [6.45, 7) is 4.68. The molecule has 1 amide bonds. The second-order valence-electron chi connectivity index (χ2n) is 5.27. The van der Waals surface area contributed by atoms with Gasteiger partial charge in [-0.1, -0.05) is 6.92 Å². The van der Waals surface area contributed by atoms with Crippen LogP contribution in [0, 0.1) is 12.8 Å². The van der Waals surface area contributed by atoms with E-state index in [1.807, 2.05) is 35.9 Å². The number of imidazole rings is 1. The van der Waals surface area contributed by atoms with E-state index in [9.17, 15) is 4.79 Å². The second kappa shape index (κ2) is 5.25. The number of aryl methyl sites for hydroxylation is 1. The molecular formula is C15H19N3O2.